The maximum absolute atomic E-state index is 12.8. The highest BCUT2D eigenvalue weighted by atomic mass is 16.2. The van der Waals surface area contributed by atoms with Crippen molar-refractivity contribution < 1.29 is 4.79 Å². The SMILES string of the molecule is CCCCCCCCCCCCCCCCCC(=O)N(CC)N(CCCC)CCCC. The van der Waals surface area contributed by atoms with Crippen LogP contribution in [0.15, 0.2) is 0 Å². The second kappa shape index (κ2) is 24.1. The van der Waals surface area contributed by atoms with Crippen molar-refractivity contribution in [3.05, 3.63) is 0 Å². The Balaban J connectivity index is 3.69. The number of carbonyl (C=O) groups is 1. The average molecular weight is 439 g/mol. The van der Waals surface area contributed by atoms with Crippen LogP contribution in [0.1, 0.15) is 156 Å². The zero-order chi connectivity index (χ0) is 23.0. The first-order valence-electron chi connectivity index (χ1n) is 14.3. The summed E-state index contributed by atoms with van der Waals surface area (Å²) < 4.78 is 0. The number of hydrazine groups is 1. The van der Waals surface area contributed by atoms with E-state index in [1.54, 1.807) is 0 Å². The third-order valence-electron chi connectivity index (χ3n) is 6.46. The molecule has 0 atom stereocenters. The van der Waals surface area contributed by atoms with Gasteiger partial charge in [0.2, 0.25) is 5.91 Å². The van der Waals surface area contributed by atoms with E-state index in [4.69, 9.17) is 0 Å². The van der Waals surface area contributed by atoms with Crippen molar-refractivity contribution >= 4 is 5.91 Å². The molecular weight excluding hydrogens is 380 g/mol. The molecule has 0 aromatic rings. The maximum Gasteiger partial charge on any atom is 0.236 e. The summed E-state index contributed by atoms with van der Waals surface area (Å²) >= 11 is 0. The monoisotopic (exact) mass is 438 g/mol. The quantitative estimate of drug-likeness (QED) is 0.111. The van der Waals surface area contributed by atoms with E-state index in [1.807, 2.05) is 5.01 Å². The third-order valence-corrected chi connectivity index (χ3v) is 6.46. The number of unbranched alkanes of at least 4 members (excludes halogenated alkanes) is 16. The molecule has 0 N–H and O–H groups in total. The van der Waals surface area contributed by atoms with Crippen LogP contribution in [0, 0.1) is 0 Å². The Labute approximate surface area is 196 Å². The number of nitrogens with zero attached hydrogens (tertiary/aromatic N) is 2. The lowest BCUT2D eigenvalue weighted by Crippen LogP contribution is -2.47. The van der Waals surface area contributed by atoms with Crippen molar-refractivity contribution in [3.8, 4) is 0 Å². The van der Waals surface area contributed by atoms with Crippen LogP contribution in [0.3, 0.4) is 0 Å². The molecule has 0 aliphatic rings. The second-order valence-electron chi connectivity index (χ2n) is 9.47. The van der Waals surface area contributed by atoms with E-state index in [1.165, 1.54) is 116 Å². The largest absolute Gasteiger partial charge is 0.276 e. The first-order valence-corrected chi connectivity index (χ1v) is 14.3. The van der Waals surface area contributed by atoms with E-state index in [9.17, 15) is 4.79 Å². The van der Waals surface area contributed by atoms with E-state index in [0.29, 0.717) is 5.91 Å². The van der Waals surface area contributed by atoms with E-state index >= 15 is 0 Å². The van der Waals surface area contributed by atoms with Crippen molar-refractivity contribution in [1.29, 1.82) is 0 Å². The van der Waals surface area contributed by atoms with Crippen LogP contribution in [0.2, 0.25) is 0 Å². The Morgan fingerprint density at radius 1 is 0.484 bits per heavy atom. The summed E-state index contributed by atoms with van der Waals surface area (Å²) in [7, 11) is 0. The van der Waals surface area contributed by atoms with Gasteiger partial charge in [0, 0.05) is 26.1 Å². The smallest absolute Gasteiger partial charge is 0.236 e. The topological polar surface area (TPSA) is 23.6 Å². The van der Waals surface area contributed by atoms with Crippen LogP contribution < -0.4 is 0 Å². The Morgan fingerprint density at radius 3 is 1.19 bits per heavy atom. The van der Waals surface area contributed by atoms with Crippen LogP contribution in [0.25, 0.3) is 0 Å². The zero-order valence-electron chi connectivity index (χ0n) is 22.1. The fourth-order valence-corrected chi connectivity index (χ4v) is 4.35. The van der Waals surface area contributed by atoms with Gasteiger partial charge in [0.25, 0.3) is 0 Å². The summed E-state index contributed by atoms with van der Waals surface area (Å²) in [6, 6.07) is 0. The molecular formula is C28H58N2O. The van der Waals surface area contributed by atoms with Crippen molar-refractivity contribution in [3.63, 3.8) is 0 Å². The van der Waals surface area contributed by atoms with Gasteiger partial charge in [0.15, 0.2) is 0 Å². The number of rotatable bonds is 24. The molecule has 0 aromatic carbocycles. The first kappa shape index (κ1) is 30.4. The van der Waals surface area contributed by atoms with Gasteiger partial charge < -0.3 is 0 Å². The summed E-state index contributed by atoms with van der Waals surface area (Å²) in [5.41, 5.74) is 0. The molecule has 1 amide bonds. The van der Waals surface area contributed by atoms with Crippen LogP contribution in [0.5, 0.6) is 0 Å². The summed E-state index contributed by atoms with van der Waals surface area (Å²) in [6.45, 7) is 11.7. The molecule has 0 aromatic heterocycles. The molecule has 0 heterocycles. The number of amides is 1. The number of carbonyl (C=O) groups excluding carboxylic acids is 1. The maximum atomic E-state index is 12.8. The second-order valence-corrected chi connectivity index (χ2v) is 9.47. The fourth-order valence-electron chi connectivity index (χ4n) is 4.35. The van der Waals surface area contributed by atoms with Gasteiger partial charge in [0.1, 0.15) is 0 Å². The molecule has 31 heavy (non-hydrogen) atoms. The minimum absolute atomic E-state index is 0.337. The molecule has 3 heteroatoms. The Morgan fingerprint density at radius 2 is 0.839 bits per heavy atom. The Bertz CT molecular complexity index is 364. The predicted octanol–water partition coefficient (Wildman–Crippen LogP) is 8.91. The normalized spacial score (nSPS) is 11.4. The van der Waals surface area contributed by atoms with Crippen molar-refractivity contribution in [2.75, 3.05) is 19.6 Å². The highest BCUT2D eigenvalue weighted by molar-refractivity contribution is 5.75. The fraction of sp³-hybridized carbons (Fsp3) is 0.964. The van der Waals surface area contributed by atoms with Gasteiger partial charge in [-0.25, -0.2) is 5.01 Å². The van der Waals surface area contributed by atoms with Crippen molar-refractivity contribution in [2.45, 2.75) is 156 Å². The summed E-state index contributed by atoms with van der Waals surface area (Å²) in [5, 5.41) is 4.36. The number of hydrogen-bond donors (Lipinski definition) is 0. The van der Waals surface area contributed by atoms with Crippen LogP contribution in [-0.2, 0) is 4.79 Å². The van der Waals surface area contributed by atoms with E-state index in [0.717, 1.165) is 32.5 Å². The number of hydrogen-bond acceptors (Lipinski definition) is 2. The van der Waals surface area contributed by atoms with Crippen molar-refractivity contribution in [1.82, 2.24) is 10.0 Å². The Kier molecular flexibility index (Phi) is 23.6. The van der Waals surface area contributed by atoms with Gasteiger partial charge in [-0.2, -0.15) is 0 Å². The van der Waals surface area contributed by atoms with E-state index in [-0.39, 0.29) is 0 Å². The predicted molar refractivity (Wildman–Crippen MR) is 138 cm³/mol. The van der Waals surface area contributed by atoms with Crippen molar-refractivity contribution in [2.24, 2.45) is 0 Å². The molecule has 0 fully saturated rings. The molecule has 0 aliphatic carbocycles. The molecule has 0 aliphatic heterocycles. The van der Waals surface area contributed by atoms with Crippen LogP contribution >= 0.6 is 0 Å². The minimum atomic E-state index is 0.337. The zero-order valence-corrected chi connectivity index (χ0v) is 22.1. The molecule has 0 saturated heterocycles. The lowest BCUT2D eigenvalue weighted by Gasteiger charge is -2.34. The molecule has 186 valence electrons. The molecule has 0 rings (SSSR count). The van der Waals surface area contributed by atoms with Crippen LogP contribution in [-0.4, -0.2) is 35.6 Å². The summed E-state index contributed by atoms with van der Waals surface area (Å²) in [5.74, 6) is 0.337. The van der Waals surface area contributed by atoms with Gasteiger partial charge in [-0.15, -0.1) is 0 Å². The molecule has 3 nitrogen and oxygen atoms in total. The van der Waals surface area contributed by atoms with E-state index in [2.05, 4.69) is 32.7 Å². The average Bonchev–Trinajstić information content (AvgIpc) is 2.78. The first-order chi connectivity index (χ1) is 15.2. The highest BCUT2D eigenvalue weighted by Crippen LogP contribution is 2.14. The molecule has 0 spiro atoms. The van der Waals surface area contributed by atoms with Gasteiger partial charge in [-0.05, 0) is 26.2 Å². The lowest BCUT2D eigenvalue weighted by atomic mass is 10.0. The van der Waals surface area contributed by atoms with Crippen LogP contribution in [0.4, 0.5) is 0 Å². The summed E-state index contributed by atoms with van der Waals surface area (Å²) in [6.07, 6.45) is 26.0. The standard InChI is InChI=1S/C28H58N2O/c1-5-9-12-13-14-15-16-17-18-19-20-21-22-23-24-25-28(31)30(8-4)29(26-10-6-2)27-11-7-3/h5-27H2,1-4H3. The lowest BCUT2D eigenvalue weighted by molar-refractivity contribution is -0.149. The molecule has 0 radical (unpaired) electrons. The van der Waals surface area contributed by atoms with Gasteiger partial charge in [-0.1, -0.05) is 124 Å². The third kappa shape index (κ3) is 18.7. The van der Waals surface area contributed by atoms with Gasteiger partial charge >= 0.3 is 0 Å². The molecule has 0 saturated carbocycles. The molecule has 0 unspecified atom stereocenters. The molecule has 0 bridgehead atoms. The van der Waals surface area contributed by atoms with E-state index < -0.39 is 0 Å². The summed E-state index contributed by atoms with van der Waals surface area (Å²) in [4.78, 5) is 12.8. The van der Waals surface area contributed by atoms with Gasteiger partial charge in [-0.3, -0.25) is 9.80 Å². The highest BCUT2D eigenvalue weighted by Gasteiger charge is 2.18. The minimum Gasteiger partial charge on any atom is -0.276 e. The van der Waals surface area contributed by atoms with Gasteiger partial charge in [0.05, 0.1) is 0 Å². The Hall–Kier alpha value is -0.570.